The first-order valence-electron chi connectivity index (χ1n) is 13.5. The molecule has 0 saturated carbocycles. The number of aromatic nitrogens is 4. The van der Waals surface area contributed by atoms with Gasteiger partial charge in [0.25, 0.3) is 11.5 Å². The number of benzene rings is 1. The second-order valence-electron chi connectivity index (χ2n) is 11.2. The lowest BCUT2D eigenvalue weighted by molar-refractivity contribution is -0.159. The smallest absolute Gasteiger partial charge is 0.330 e. The number of ether oxygens (including phenoxy) is 1. The molecule has 1 amide bonds. The van der Waals surface area contributed by atoms with E-state index in [1.807, 2.05) is 4.90 Å². The molecule has 2 unspecified atom stereocenters. The molecule has 230 valence electrons. The molecule has 1 aliphatic heterocycles. The summed E-state index contributed by atoms with van der Waals surface area (Å²) in [6.07, 6.45) is 7.75. The Morgan fingerprint density at radius 2 is 1.91 bits per heavy atom. The van der Waals surface area contributed by atoms with Crippen molar-refractivity contribution in [2.45, 2.75) is 24.4 Å². The predicted molar refractivity (Wildman–Crippen MR) is 164 cm³/mol. The second kappa shape index (κ2) is 11.7. The number of amides is 1. The number of methoxy groups -OCH3 is 1. The minimum atomic E-state index is -1.56. The van der Waals surface area contributed by atoms with Gasteiger partial charge in [-0.15, -0.1) is 11.6 Å². The van der Waals surface area contributed by atoms with Crippen molar-refractivity contribution in [3.8, 4) is 5.88 Å². The van der Waals surface area contributed by atoms with Crippen LogP contribution < -0.4 is 21.3 Å². The molecule has 0 radical (unpaired) electrons. The molecule has 0 spiro atoms. The number of aliphatic carboxylic acids is 1. The third-order valence-electron chi connectivity index (χ3n) is 7.97. The van der Waals surface area contributed by atoms with Crippen LogP contribution in [0.15, 0.2) is 64.5 Å². The monoisotopic (exact) mass is 640 g/mol. The van der Waals surface area contributed by atoms with E-state index in [-0.39, 0.29) is 23.7 Å². The van der Waals surface area contributed by atoms with Gasteiger partial charge in [-0.1, -0.05) is 48.0 Å². The summed E-state index contributed by atoms with van der Waals surface area (Å²) >= 11 is 13.7. The number of halogens is 2. The van der Waals surface area contributed by atoms with Crippen LogP contribution in [0.25, 0.3) is 5.57 Å². The molecule has 2 aromatic heterocycles. The molecule has 12 nitrogen and oxygen atoms in total. The Bertz CT molecular complexity index is 1840. The fourth-order valence-electron chi connectivity index (χ4n) is 5.51. The number of aryl methyl sites for hydroxylation is 1. The van der Waals surface area contributed by atoms with Crippen molar-refractivity contribution in [1.29, 1.82) is 0 Å². The number of hydrogen-bond acceptors (Lipinski definition) is 8. The van der Waals surface area contributed by atoms with E-state index in [1.165, 1.54) is 33.6 Å². The maximum atomic E-state index is 13.8. The van der Waals surface area contributed by atoms with Gasteiger partial charge < -0.3 is 19.7 Å². The van der Waals surface area contributed by atoms with E-state index >= 15 is 0 Å². The lowest BCUT2D eigenvalue weighted by atomic mass is 9.80. The van der Waals surface area contributed by atoms with Crippen molar-refractivity contribution in [3.63, 3.8) is 0 Å². The van der Waals surface area contributed by atoms with Gasteiger partial charge in [-0.2, -0.15) is 0 Å². The molecule has 1 saturated heterocycles. The standard InChI is InChI=1S/C30H30Cl2N6O6/c1-29(27(41)42)15-38(16-29)14-21-25(44-4)34-22(12-33-21)30(35-24(39)19-13-36(2)28(43)37(3)26(19)40)11-7-9-18(23(30)32)17-8-5-6-10-20(17)31/h5-13,23H,14-16H2,1-4H3,(H,35,39)(H,41,42). The van der Waals surface area contributed by atoms with Crippen LogP contribution in [0, 0.1) is 5.41 Å². The fraction of sp³-hybridized carbons (Fsp3) is 0.333. The summed E-state index contributed by atoms with van der Waals surface area (Å²) in [5, 5.41) is 11.8. The third-order valence-corrected chi connectivity index (χ3v) is 8.88. The summed E-state index contributed by atoms with van der Waals surface area (Å²) in [5.74, 6) is -1.51. The molecule has 5 rings (SSSR count). The molecule has 1 fully saturated rings. The zero-order chi connectivity index (χ0) is 32.0. The highest BCUT2D eigenvalue weighted by atomic mass is 35.5. The normalized spacial score (nSPS) is 20.9. The van der Waals surface area contributed by atoms with Gasteiger partial charge in [0.1, 0.15) is 16.8 Å². The van der Waals surface area contributed by atoms with Crippen LogP contribution in [0.5, 0.6) is 5.88 Å². The maximum Gasteiger partial charge on any atom is 0.330 e. The molecule has 1 aliphatic carbocycles. The average molecular weight is 642 g/mol. The number of rotatable bonds is 8. The highest BCUT2D eigenvalue weighted by Crippen LogP contribution is 2.43. The molecular weight excluding hydrogens is 611 g/mol. The molecule has 3 aromatic rings. The summed E-state index contributed by atoms with van der Waals surface area (Å²) in [6.45, 7) is 2.64. The van der Waals surface area contributed by atoms with Crippen LogP contribution in [0.4, 0.5) is 0 Å². The van der Waals surface area contributed by atoms with Crippen molar-refractivity contribution in [3.05, 3.63) is 103 Å². The van der Waals surface area contributed by atoms with Crippen molar-refractivity contribution in [1.82, 2.24) is 29.3 Å². The number of likely N-dealkylation sites (tertiary alicyclic amines) is 1. The molecule has 44 heavy (non-hydrogen) atoms. The Labute approximate surface area is 262 Å². The van der Waals surface area contributed by atoms with Gasteiger partial charge in [0.15, 0.2) is 0 Å². The van der Waals surface area contributed by atoms with Crippen LogP contribution in [-0.2, 0) is 31.0 Å². The van der Waals surface area contributed by atoms with Gasteiger partial charge in [0.2, 0.25) is 5.88 Å². The number of carboxylic acid groups (broad SMARTS) is 1. The summed E-state index contributed by atoms with van der Waals surface area (Å²) < 4.78 is 7.56. The summed E-state index contributed by atoms with van der Waals surface area (Å²) in [6, 6.07) is 7.11. The highest BCUT2D eigenvalue weighted by molar-refractivity contribution is 6.34. The predicted octanol–water partition coefficient (Wildman–Crippen LogP) is 2.33. The van der Waals surface area contributed by atoms with Crippen molar-refractivity contribution >= 4 is 40.7 Å². The molecule has 2 N–H and O–H groups in total. The number of hydrogen-bond donors (Lipinski definition) is 2. The van der Waals surface area contributed by atoms with Crippen molar-refractivity contribution in [2.75, 3.05) is 20.2 Å². The number of nitrogens with one attached hydrogen (secondary N) is 1. The molecule has 3 heterocycles. The number of nitrogens with zero attached hydrogens (tertiary/aromatic N) is 5. The second-order valence-corrected chi connectivity index (χ2v) is 12.0. The Morgan fingerprint density at radius 3 is 2.57 bits per heavy atom. The van der Waals surface area contributed by atoms with E-state index in [1.54, 1.807) is 49.4 Å². The fourth-order valence-corrected chi connectivity index (χ4v) is 6.19. The van der Waals surface area contributed by atoms with Gasteiger partial charge in [0.05, 0.1) is 29.8 Å². The Morgan fingerprint density at radius 1 is 1.20 bits per heavy atom. The van der Waals surface area contributed by atoms with E-state index in [4.69, 9.17) is 32.9 Å². The molecule has 2 atom stereocenters. The molecule has 14 heteroatoms. The zero-order valence-electron chi connectivity index (χ0n) is 24.4. The van der Waals surface area contributed by atoms with Crippen molar-refractivity contribution < 1.29 is 19.4 Å². The van der Waals surface area contributed by atoms with Gasteiger partial charge in [0, 0.05) is 44.9 Å². The number of allylic oxidation sites excluding steroid dienone is 2. The summed E-state index contributed by atoms with van der Waals surface area (Å²) in [7, 11) is 4.15. The highest BCUT2D eigenvalue weighted by Gasteiger charge is 2.47. The summed E-state index contributed by atoms with van der Waals surface area (Å²) in [5.41, 5.74) is -2.17. The Kier molecular flexibility index (Phi) is 8.27. The molecule has 1 aromatic carbocycles. The van der Waals surface area contributed by atoms with E-state index in [0.717, 1.165) is 9.13 Å². The topological polar surface area (TPSA) is 149 Å². The summed E-state index contributed by atoms with van der Waals surface area (Å²) in [4.78, 5) is 61.8. The Balaban J connectivity index is 1.58. The van der Waals surface area contributed by atoms with Crippen LogP contribution in [-0.4, -0.2) is 66.6 Å². The quantitative estimate of drug-likeness (QED) is 0.354. The lowest BCUT2D eigenvalue weighted by Gasteiger charge is -2.44. The van der Waals surface area contributed by atoms with E-state index < -0.39 is 39.5 Å². The number of carbonyl (C=O) groups is 2. The van der Waals surface area contributed by atoms with Crippen LogP contribution in [0.3, 0.4) is 0 Å². The average Bonchev–Trinajstić information content (AvgIpc) is 2.98. The van der Waals surface area contributed by atoms with Gasteiger partial charge in [-0.3, -0.25) is 28.8 Å². The molecule has 2 aliphatic rings. The number of carbonyl (C=O) groups excluding carboxylic acids is 1. The molecule has 0 bridgehead atoms. The third kappa shape index (κ3) is 5.33. The van der Waals surface area contributed by atoms with Crippen LogP contribution in [0.1, 0.15) is 34.2 Å². The Hall–Kier alpha value is -4.26. The number of carboxylic acids is 1. The zero-order valence-corrected chi connectivity index (χ0v) is 25.9. The SMILES string of the molecule is COc1nc(C2(NC(=O)c3cn(C)c(=O)n(C)c3=O)C=CC=C(c3ccccc3Cl)C2Cl)cnc1CN1CC(C)(C(=O)O)C1. The number of alkyl halides is 1. The van der Waals surface area contributed by atoms with E-state index in [2.05, 4.69) is 10.3 Å². The lowest BCUT2D eigenvalue weighted by Crippen LogP contribution is -2.58. The van der Waals surface area contributed by atoms with Crippen molar-refractivity contribution in [2.24, 2.45) is 19.5 Å². The largest absolute Gasteiger partial charge is 0.481 e. The van der Waals surface area contributed by atoms with Gasteiger partial charge >= 0.3 is 11.7 Å². The van der Waals surface area contributed by atoms with E-state index in [9.17, 15) is 24.3 Å². The first-order chi connectivity index (χ1) is 20.8. The minimum absolute atomic E-state index is 0.157. The molecular formula is C30H30Cl2N6O6. The minimum Gasteiger partial charge on any atom is -0.481 e. The van der Waals surface area contributed by atoms with Crippen LogP contribution >= 0.6 is 23.2 Å². The first-order valence-corrected chi connectivity index (χ1v) is 14.4. The maximum absolute atomic E-state index is 13.8. The van der Waals surface area contributed by atoms with Gasteiger partial charge in [-0.25, -0.2) is 9.78 Å². The first kappa shape index (κ1) is 31.2. The van der Waals surface area contributed by atoms with Gasteiger partial charge in [-0.05, 0) is 24.1 Å². The van der Waals surface area contributed by atoms with E-state index in [0.29, 0.717) is 34.9 Å². The van der Waals surface area contributed by atoms with Crippen LogP contribution in [0.2, 0.25) is 5.02 Å².